The first-order chi connectivity index (χ1) is 7.09. The first-order valence-electron chi connectivity index (χ1n) is 5.05. The Balaban J connectivity index is 2.48. The van der Waals surface area contributed by atoms with Crippen LogP contribution in [0.4, 0.5) is 5.69 Å². The molecule has 0 radical (unpaired) electrons. The molecule has 1 heterocycles. The van der Waals surface area contributed by atoms with Gasteiger partial charge in [-0.1, -0.05) is 0 Å². The maximum absolute atomic E-state index is 11.5. The van der Waals surface area contributed by atoms with E-state index in [2.05, 4.69) is 4.98 Å². The van der Waals surface area contributed by atoms with Gasteiger partial charge in [-0.15, -0.1) is 0 Å². The van der Waals surface area contributed by atoms with Gasteiger partial charge in [0.15, 0.2) is 0 Å². The number of carbonyl (C=O) groups is 1. The zero-order chi connectivity index (χ0) is 11.3. The largest absolute Gasteiger partial charge is 0.398 e. The van der Waals surface area contributed by atoms with Crippen molar-refractivity contribution in [1.29, 1.82) is 0 Å². The van der Waals surface area contributed by atoms with Crippen LogP contribution in [0, 0.1) is 0 Å². The fourth-order valence-electron chi connectivity index (χ4n) is 1.28. The third-order valence-corrected chi connectivity index (χ3v) is 2.21. The summed E-state index contributed by atoms with van der Waals surface area (Å²) in [7, 11) is 0. The maximum atomic E-state index is 11.5. The highest BCUT2D eigenvalue weighted by Crippen LogP contribution is 2.11. The minimum atomic E-state index is 0.0696. The van der Waals surface area contributed by atoms with Crippen LogP contribution in [-0.4, -0.2) is 16.8 Å². The van der Waals surface area contributed by atoms with Crippen LogP contribution in [0.1, 0.15) is 25.3 Å². The lowest BCUT2D eigenvalue weighted by Crippen LogP contribution is -2.17. The molecule has 0 aliphatic heterocycles. The second-order valence-electron chi connectivity index (χ2n) is 3.81. The van der Waals surface area contributed by atoms with E-state index in [9.17, 15) is 4.79 Å². The molecule has 0 aromatic carbocycles. The number of nitrogen functional groups attached to an aromatic ring is 1. The maximum Gasteiger partial charge on any atom is 0.137 e. The predicted octanol–water partition coefficient (Wildman–Crippen LogP) is 0.903. The summed E-state index contributed by atoms with van der Waals surface area (Å²) < 4.78 is 0. The van der Waals surface area contributed by atoms with E-state index in [1.165, 1.54) is 0 Å². The summed E-state index contributed by atoms with van der Waals surface area (Å²) in [5.74, 6) is 0.159. The first kappa shape index (κ1) is 11.7. The summed E-state index contributed by atoms with van der Waals surface area (Å²) in [5.41, 5.74) is 12.7. The smallest absolute Gasteiger partial charge is 0.137 e. The Hall–Kier alpha value is -1.42. The molecule has 1 unspecified atom stereocenters. The molecule has 4 nitrogen and oxygen atoms in total. The Morgan fingerprint density at radius 2 is 2.33 bits per heavy atom. The number of Topliss-reactive ketones (excluding diaryl/α,β-unsaturated/α-hetero) is 1. The van der Waals surface area contributed by atoms with Gasteiger partial charge >= 0.3 is 0 Å². The van der Waals surface area contributed by atoms with E-state index in [1.807, 2.05) is 6.92 Å². The second-order valence-corrected chi connectivity index (χ2v) is 3.81. The molecule has 0 aliphatic carbocycles. The van der Waals surface area contributed by atoms with Crippen LogP contribution in [0.15, 0.2) is 18.5 Å². The Bertz CT molecular complexity index is 336. The average Bonchev–Trinajstić information content (AvgIpc) is 2.18. The summed E-state index contributed by atoms with van der Waals surface area (Å²) in [5, 5.41) is 0. The number of anilines is 1. The summed E-state index contributed by atoms with van der Waals surface area (Å²) in [6.45, 7) is 1.89. The molecule has 82 valence electrons. The summed E-state index contributed by atoms with van der Waals surface area (Å²) in [6, 6.07) is 1.77. The van der Waals surface area contributed by atoms with Crippen LogP contribution in [0.5, 0.6) is 0 Å². The number of carbonyl (C=O) groups excluding carboxylic acids is 1. The predicted molar refractivity (Wildman–Crippen MR) is 60.2 cm³/mol. The van der Waals surface area contributed by atoms with Crippen LogP contribution in [-0.2, 0) is 11.2 Å². The number of pyridine rings is 1. The number of hydrogen-bond donors (Lipinski definition) is 2. The third-order valence-electron chi connectivity index (χ3n) is 2.21. The lowest BCUT2D eigenvalue weighted by molar-refractivity contribution is -0.118. The molecule has 15 heavy (non-hydrogen) atoms. The van der Waals surface area contributed by atoms with E-state index in [-0.39, 0.29) is 11.8 Å². The molecule has 0 aliphatic rings. The van der Waals surface area contributed by atoms with Gasteiger partial charge in [0.2, 0.25) is 0 Å². The van der Waals surface area contributed by atoms with Crippen LogP contribution in [0.25, 0.3) is 0 Å². The van der Waals surface area contributed by atoms with Gasteiger partial charge in [0.05, 0.1) is 0 Å². The molecule has 4 N–H and O–H groups in total. The molecule has 0 spiro atoms. The van der Waals surface area contributed by atoms with Crippen molar-refractivity contribution in [2.45, 2.75) is 32.2 Å². The summed E-state index contributed by atoms with van der Waals surface area (Å²) >= 11 is 0. The van der Waals surface area contributed by atoms with Crippen molar-refractivity contribution in [2.75, 3.05) is 5.73 Å². The third kappa shape index (κ3) is 4.08. The SMILES string of the molecule is CC(N)CCC(=O)Cc1cnccc1N. The molecule has 0 saturated heterocycles. The zero-order valence-corrected chi connectivity index (χ0v) is 8.94. The molecule has 0 amide bonds. The highest BCUT2D eigenvalue weighted by atomic mass is 16.1. The molecule has 1 aromatic rings. The van der Waals surface area contributed by atoms with Gasteiger partial charge in [0.25, 0.3) is 0 Å². The van der Waals surface area contributed by atoms with Crippen LogP contribution in [0.2, 0.25) is 0 Å². The van der Waals surface area contributed by atoms with Crippen molar-refractivity contribution in [1.82, 2.24) is 4.98 Å². The Kier molecular flexibility index (Phi) is 4.24. The van der Waals surface area contributed by atoms with E-state index < -0.39 is 0 Å². The van der Waals surface area contributed by atoms with E-state index in [1.54, 1.807) is 18.5 Å². The molecular weight excluding hydrogens is 190 g/mol. The van der Waals surface area contributed by atoms with Crippen molar-refractivity contribution in [3.05, 3.63) is 24.0 Å². The lowest BCUT2D eigenvalue weighted by Gasteiger charge is -2.05. The van der Waals surface area contributed by atoms with Gasteiger partial charge in [-0.05, 0) is 19.4 Å². The number of nitrogens with two attached hydrogens (primary N) is 2. The molecule has 0 fully saturated rings. The molecule has 1 rings (SSSR count). The van der Waals surface area contributed by atoms with Gasteiger partial charge in [0, 0.05) is 42.5 Å². The quantitative estimate of drug-likeness (QED) is 0.751. The molecule has 0 bridgehead atoms. The number of rotatable bonds is 5. The fourth-order valence-corrected chi connectivity index (χ4v) is 1.28. The van der Waals surface area contributed by atoms with Gasteiger partial charge in [-0.3, -0.25) is 9.78 Å². The summed E-state index contributed by atoms with van der Waals surface area (Å²) in [4.78, 5) is 15.5. The van der Waals surface area contributed by atoms with Crippen molar-refractivity contribution < 1.29 is 4.79 Å². The zero-order valence-electron chi connectivity index (χ0n) is 8.94. The number of hydrogen-bond acceptors (Lipinski definition) is 4. The van der Waals surface area contributed by atoms with Crippen LogP contribution in [0.3, 0.4) is 0 Å². The molecule has 4 heteroatoms. The average molecular weight is 207 g/mol. The Morgan fingerprint density at radius 3 is 2.93 bits per heavy atom. The molecule has 1 aromatic heterocycles. The van der Waals surface area contributed by atoms with Gasteiger partial charge < -0.3 is 11.5 Å². The van der Waals surface area contributed by atoms with E-state index in [0.29, 0.717) is 18.5 Å². The lowest BCUT2D eigenvalue weighted by atomic mass is 10.0. The normalized spacial score (nSPS) is 12.4. The van der Waals surface area contributed by atoms with Crippen molar-refractivity contribution in [3.63, 3.8) is 0 Å². The molecular formula is C11H17N3O. The van der Waals surface area contributed by atoms with E-state index in [4.69, 9.17) is 11.5 Å². The van der Waals surface area contributed by atoms with Crippen molar-refractivity contribution >= 4 is 11.5 Å². The number of ketones is 1. The monoisotopic (exact) mass is 207 g/mol. The Labute approximate surface area is 89.7 Å². The first-order valence-corrected chi connectivity index (χ1v) is 5.05. The standard InChI is InChI=1S/C11H17N3O/c1-8(12)2-3-10(15)6-9-7-14-5-4-11(9)13/h4-5,7-8H,2-3,6,12H2,1H3,(H2,13,14). The minimum Gasteiger partial charge on any atom is -0.398 e. The summed E-state index contributed by atoms with van der Waals surface area (Å²) in [6.07, 6.45) is 4.84. The van der Waals surface area contributed by atoms with Gasteiger partial charge in [0.1, 0.15) is 5.78 Å². The highest BCUT2D eigenvalue weighted by molar-refractivity contribution is 5.82. The fraction of sp³-hybridized carbons (Fsp3) is 0.455. The number of aromatic nitrogens is 1. The van der Waals surface area contributed by atoms with Crippen LogP contribution >= 0.6 is 0 Å². The van der Waals surface area contributed by atoms with Gasteiger partial charge in [-0.25, -0.2) is 0 Å². The van der Waals surface area contributed by atoms with Crippen molar-refractivity contribution in [3.8, 4) is 0 Å². The minimum absolute atomic E-state index is 0.0696. The highest BCUT2D eigenvalue weighted by Gasteiger charge is 2.07. The van der Waals surface area contributed by atoms with E-state index >= 15 is 0 Å². The van der Waals surface area contributed by atoms with Gasteiger partial charge in [-0.2, -0.15) is 0 Å². The second kappa shape index (κ2) is 5.46. The number of nitrogens with zero attached hydrogens (tertiary/aromatic N) is 1. The molecule has 0 saturated carbocycles. The van der Waals surface area contributed by atoms with E-state index in [0.717, 1.165) is 12.0 Å². The van der Waals surface area contributed by atoms with Crippen molar-refractivity contribution in [2.24, 2.45) is 5.73 Å². The van der Waals surface area contributed by atoms with Crippen LogP contribution < -0.4 is 11.5 Å². The topological polar surface area (TPSA) is 82.0 Å². The Morgan fingerprint density at radius 1 is 1.60 bits per heavy atom. The molecule has 1 atom stereocenters.